The van der Waals surface area contributed by atoms with Crippen LogP contribution < -0.4 is 14.8 Å². The Bertz CT molecular complexity index is 1180. The molecule has 1 aromatic heterocycles. The molecule has 36 heavy (non-hydrogen) atoms. The van der Waals surface area contributed by atoms with Gasteiger partial charge in [0.2, 0.25) is 5.95 Å². The molecule has 2 N–H and O–H groups in total. The van der Waals surface area contributed by atoms with E-state index in [1.54, 1.807) is 0 Å². The van der Waals surface area contributed by atoms with E-state index in [4.69, 9.17) is 19.6 Å². The molecule has 7 heteroatoms. The summed E-state index contributed by atoms with van der Waals surface area (Å²) in [6, 6.07) is 14.3. The number of carbonyl (C=O) groups is 1. The summed E-state index contributed by atoms with van der Waals surface area (Å²) in [5.41, 5.74) is 3.16. The minimum atomic E-state index is -0.808. The molecule has 0 unspecified atom stereocenters. The van der Waals surface area contributed by atoms with Crippen LogP contribution >= 0.6 is 0 Å². The van der Waals surface area contributed by atoms with Crippen LogP contribution in [0.25, 0.3) is 11.0 Å². The second-order valence-corrected chi connectivity index (χ2v) is 11.2. The van der Waals surface area contributed by atoms with Crippen molar-refractivity contribution in [3.8, 4) is 11.5 Å². The predicted octanol–water partition coefficient (Wildman–Crippen LogP) is 7.20. The van der Waals surface area contributed by atoms with Gasteiger partial charge in [0.25, 0.3) is 0 Å². The maximum Gasteiger partial charge on any atom is 0.303 e. The number of ether oxygens (including phenoxy) is 2. The number of aliphatic carboxylic acids is 1. The van der Waals surface area contributed by atoms with E-state index in [1.807, 2.05) is 50.2 Å². The summed E-state index contributed by atoms with van der Waals surface area (Å²) in [4.78, 5) is 15.8. The zero-order valence-corrected chi connectivity index (χ0v) is 22.1. The fraction of sp³-hybridized carbons (Fsp3) is 0.517. The average molecular weight is 494 g/mol. The van der Waals surface area contributed by atoms with Crippen LogP contribution in [0.3, 0.4) is 0 Å². The van der Waals surface area contributed by atoms with Crippen molar-refractivity contribution in [2.75, 3.05) is 11.9 Å². The molecule has 1 saturated carbocycles. The van der Waals surface area contributed by atoms with Gasteiger partial charge in [-0.05, 0) is 87.3 Å². The van der Waals surface area contributed by atoms with Crippen LogP contribution in [-0.4, -0.2) is 33.3 Å². The summed E-state index contributed by atoms with van der Waals surface area (Å²) in [7, 11) is 0. The fourth-order valence-corrected chi connectivity index (χ4v) is 5.55. The number of fused-ring (bicyclic) bond motifs is 1. The van der Waals surface area contributed by atoms with Crippen LogP contribution in [0.1, 0.15) is 72.8 Å². The molecule has 0 radical (unpaired) electrons. The molecule has 1 aliphatic carbocycles. The van der Waals surface area contributed by atoms with Crippen LogP contribution in [-0.2, 0) is 4.79 Å². The molecule has 3 aromatic rings. The molecule has 0 saturated heterocycles. The number of aromatic nitrogens is 2. The topological polar surface area (TPSA) is 85.6 Å². The van der Waals surface area contributed by atoms with Gasteiger partial charge in [0.1, 0.15) is 11.5 Å². The molecule has 7 nitrogen and oxygen atoms in total. The summed E-state index contributed by atoms with van der Waals surface area (Å²) in [6.45, 7) is 11.5. The van der Waals surface area contributed by atoms with Crippen molar-refractivity contribution < 1.29 is 19.4 Å². The maximum atomic E-state index is 10.8. The Morgan fingerprint density at radius 3 is 2.56 bits per heavy atom. The van der Waals surface area contributed by atoms with Crippen molar-refractivity contribution in [3.63, 3.8) is 0 Å². The van der Waals surface area contributed by atoms with E-state index < -0.39 is 5.97 Å². The van der Waals surface area contributed by atoms with Crippen molar-refractivity contribution >= 4 is 28.6 Å². The molecule has 1 heterocycles. The van der Waals surface area contributed by atoms with E-state index in [2.05, 4.69) is 36.7 Å². The average Bonchev–Trinajstić information content (AvgIpc) is 3.13. The molecule has 0 bridgehead atoms. The molecule has 194 valence electrons. The number of nitrogens with one attached hydrogen (secondary N) is 1. The third kappa shape index (κ3) is 6.50. The molecule has 2 atom stereocenters. The minimum Gasteiger partial charge on any atom is -0.494 e. The lowest BCUT2D eigenvalue weighted by atomic mass is 9.70. The number of benzene rings is 2. The maximum absolute atomic E-state index is 10.8. The molecule has 0 amide bonds. The quantitative estimate of drug-likeness (QED) is 0.291. The first-order valence-electron chi connectivity index (χ1n) is 13.0. The van der Waals surface area contributed by atoms with Gasteiger partial charge in [-0.1, -0.05) is 20.8 Å². The first kappa shape index (κ1) is 25.9. The Morgan fingerprint density at radius 1 is 1.17 bits per heavy atom. The molecule has 4 rings (SSSR count). The Labute approximate surface area is 213 Å². The second kappa shape index (κ2) is 10.8. The van der Waals surface area contributed by atoms with E-state index in [1.165, 1.54) is 6.42 Å². The Hall–Kier alpha value is -3.22. The van der Waals surface area contributed by atoms with Crippen molar-refractivity contribution in [2.24, 2.45) is 11.3 Å². The molecule has 1 fully saturated rings. The predicted molar refractivity (Wildman–Crippen MR) is 143 cm³/mol. The molecule has 0 aliphatic heterocycles. The van der Waals surface area contributed by atoms with Gasteiger partial charge in [0.15, 0.2) is 0 Å². The first-order valence-corrected chi connectivity index (χ1v) is 13.0. The molecule has 0 spiro atoms. The number of nitrogens with zero attached hydrogens (tertiary/aromatic N) is 2. The molecule has 2 aromatic carbocycles. The van der Waals surface area contributed by atoms with Crippen molar-refractivity contribution in [1.29, 1.82) is 0 Å². The number of imidazole rings is 1. The van der Waals surface area contributed by atoms with E-state index in [0.717, 1.165) is 41.3 Å². The van der Waals surface area contributed by atoms with Gasteiger partial charge >= 0.3 is 5.97 Å². The number of carboxylic acids is 1. The van der Waals surface area contributed by atoms with Gasteiger partial charge in [0.05, 0.1) is 23.7 Å². The third-order valence-electron chi connectivity index (χ3n) is 6.68. The fourth-order valence-electron chi connectivity index (χ4n) is 5.55. The second-order valence-electron chi connectivity index (χ2n) is 11.2. The number of rotatable bonds is 10. The number of hydrogen-bond donors (Lipinski definition) is 2. The van der Waals surface area contributed by atoms with Crippen LogP contribution in [0, 0.1) is 11.3 Å². The first-order chi connectivity index (χ1) is 17.1. The van der Waals surface area contributed by atoms with Crippen molar-refractivity contribution in [2.45, 2.75) is 78.9 Å². The highest BCUT2D eigenvalue weighted by atomic mass is 16.5. The normalized spacial score (nSPS) is 19.4. The highest BCUT2D eigenvalue weighted by molar-refractivity contribution is 5.81. The zero-order valence-electron chi connectivity index (χ0n) is 22.1. The van der Waals surface area contributed by atoms with Gasteiger partial charge in [-0.2, -0.15) is 0 Å². The summed E-state index contributed by atoms with van der Waals surface area (Å²) in [5, 5.41) is 12.4. The Morgan fingerprint density at radius 2 is 1.89 bits per heavy atom. The number of carboxylic acid groups (broad SMARTS) is 1. The monoisotopic (exact) mass is 493 g/mol. The van der Waals surface area contributed by atoms with Crippen LogP contribution in [0.4, 0.5) is 11.6 Å². The summed E-state index contributed by atoms with van der Waals surface area (Å²) in [5.74, 6) is 2.19. The van der Waals surface area contributed by atoms with Gasteiger partial charge in [-0.3, -0.25) is 4.79 Å². The van der Waals surface area contributed by atoms with Gasteiger partial charge < -0.3 is 24.5 Å². The minimum absolute atomic E-state index is 0.0988. The van der Waals surface area contributed by atoms with E-state index in [0.29, 0.717) is 30.7 Å². The van der Waals surface area contributed by atoms with E-state index in [9.17, 15) is 4.79 Å². The summed E-state index contributed by atoms with van der Waals surface area (Å²) >= 11 is 0. The van der Waals surface area contributed by atoms with Crippen LogP contribution in [0.15, 0.2) is 42.5 Å². The molecule has 1 aliphatic rings. The lowest BCUT2D eigenvalue weighted by Gasteiger charge is -2.40. The van der Waals surface area contributed by atoms with E-state index >= 15 is 0 Å². The third-order valence-corrected chi connectivity index (χ3v) is 6.68. The Balaban J connectivity index is 1.64. The van der Waals surface area contributed by atoms with Gasteiger partial charge in [0, 0.05) is 24.2 Å². The largest absolute Gasteiger partial charge is 0.494 e. The lowest BCUT2D eigenvalue weighted by molar-refractivity contribution is -0.137. The standard InChI is InChI=1S/C29H39N3O4/c1-19(2)36-23-10-8-21(9-11-23)30-28-31-25-16-24(35-14-6-7-27(33)34)12-13-26(25)32(28)22-15-20(3)17-29(4,5)18-22/h8-13,16,19-20,22H,6-7,14-15,17-18H2,1-5H3,(H,30,31)(H,33,34)/t20-,22-/m1/s1. The van der Waals surface area contributed by atoms with Gasteiger partial charge in [-0.25, -0.2) is 4.98 Å². The summed E-state index contributed by atoms with van der Waals surface area (Å²) < 4.78 is 14.0. The summed E-state index contributed by atoms with van der Waals surface area (Å²) in [6.07, 6.45) is 4.13. The highest BCUT2D eigenvalue weighted by Crippen LogP contribution is 2.46. The van der Waals surface area contributed by atoms with Crippen molar-refractivity contribution in [1.82, 2.24) is 9.55 Å². The smallest absolute Gasteiger partial charge is 0.303 e. The van der Waals surface area contributed by atoms with Crippen molar-refractivity contribution in [3.05, 3.63) is 42.5 Å². The lowest BCUT2D eigenvalue weighted by Crippen LogP contribution is -2.29. The molecular weight excluding hydrogens is 454 g/mol. The van der Waals surface area contributed by atoms with Crippen LogP contribution in [0.2, 0.25) is 0 Å². The Kier molecular flexibility index (Phi) is 7.76. The SMILES string of the molecule is CC(C)Oc1ccc(Nc2nc3cc(OCCCC(=O)O)ccc3n2[C@@H]2C[C@@H](C)CC(C)(C)C2)cc1. The number of hydrogen-bond acceptors (Lipinski definition) is 5. The highest BCUT2D eigenvalue weighted by Gasteiger charge is 2.34. The van der Waals surface area contributed by atoms with Crippen LogP contribution in [0.5, 0.6) is 11.5 Å². The van der Waals surface area contributed by atoms with E-state index in [-0.39, 0.29) is 17.9 Å². The zero-order chi connectivity index (χ0) is 25.9. The van der Waals surface area contributed by atoms with Gasteiger partial charge in [-0.15, -0.1) is 0 Å². The molecular formula is C29H39N3O4. The number of anilines is 2.